The fourth-order valence-electron chi connectivity index (χ4n) is 5.98. The lowest BCUT2D eigenvalue weighted by molar-refractivity contribution is 0.670. The van der Waals surface area contributed by atoms with Crippen LogP contribution in [-0.2, 0) is 0 Å². The predicted molar refractivity (Wildman–Crippen MR) is 192 cm³/mol. The van der Waals surface area contributed by atoms with Gasteiger partial charge in [0.25, 0.3) is 0 Å². The molecule has 1 heterocycles. The van der Waals surface area contributed by atoms with Gasteiger partial charge in [0, 0.05) is 21.9 Å². The molecule has 1 aromatic heterocycles. The molecule has 0 bridgehead atoms. The molecule has 10 rings (SSSR count). The van der Waals surface area contributed by atoms with Gasteiger partial charge in [0.15, 0.2) is 0 Å². The summed E-state index contributed by atoms with van der Waals surface area (Å²) in [5, 5.41) is -5.83. The third kappa shape index (κ3) is 3.44. The maximum absolute atomic E-state index is 10.0. The summed E-state index contributed by atoms with van der Waals surface area (Å²) in [6.07, 6.45) is 0. The average Bonchev–Trinajstić information content (AvgIpc) is 3.73. The molecule has 0 amide bonds. The number of hydrogen-bond donors (Lipinski definition) is 0. The molecule has 1 heteroatoms. The third-order valence-corrected chi connectivity index (χ3v) is 7.83. The van der Waals surface area contributed by atoms with Gasteiger partial charge in [-0.2, -0.15) is 0 Å². The Bertz CT molecular complexity index is 4150. The average molecular weight is 596 g/mol. The molecule has 0 radical (unpaired) electrons. The van der Waals surface area contributed by atoms with E-state index in [4.69, 9.17) is 27.7 Å². The predicted octanol–water partition coefficient (Wildman–Crippen LogP) is 12.7. The van der Waals surface area contributed by atoms with Gasteiger partial charge in [0.2, 0.25) is 0 Å². The second-order valence-electron chi connectivity index (χ2n) is 10.1. The summed E-state index contributed by atoms with van der Waals surface area (Å²) in [5.74, 6) is 0. The van der Waals surface area contributed by atoms with Crippen molar-refractivity contribution in [2.24, 2.45) is 0 Å². The number of para-hydroxylation sites is 2. The van der Waals surface area contributed by atoms with Gasteiger partial charge in [0.1, 0.15) is 11.2 Å². The van der Waals surface area contributed by atoms with E-state index in [9.17, 15) is 11.0 Å². The molecule has 0 fully saturated rings. The van der Waals surface area contributed by atoms with E-state index in [2.05, 4.69) is 0 Å². The number of furan rings is 1. The Balaban J connectivity index is 1.57. The molecule has 45 heavy (non-hydrogen) atoms. The van der Waals surface area contributed by atoms with Gasteiger partial charge >= 0.3 is 0 Å². The highest BCUT2D eigenvalue weighted by Gasteiger charge is 2.20. The first kappa shape index (κ1) is 10.6. The first-order valence-electron chi connectivity index (χ1n) is 26.0. The topological polar surface area (TPSA) is 13.1 Å². The Morgan fingerprint density at radius 1 is 0.356 bits per heavy atom. The van der Waals surface area contributed by atoms with E-state index >= 15 is 0 Å². The number of benzene rings is 9. The van der Waals surface area contributed by atoms with Crippen molar-refractivity contribution in [3.05, 3.63) is 157 Å². The molecule has 0 aliphatic rings. The molecule has 9 aromatic carbocycles. The maximum Gasteiger partial charge on any atom is 0.143 e. The van der Waals surface area contributed by atoms with Crippen LogP contribution in [0, 0.1) is 0 Å². The smallest absolute Gasteiger partial charge is 0.143 e. The fraction of sp³-hybridized carbons (Fsp3) is 0. The summed E-state index contributed by atoms with van der Waals surface area (Å²) in [6.45, 7) is 0. The van der Waals surface area contributed by atoms with Crippen LogP contribution >= 0.6 is 0 Å². The summed E-state index contributed by atoms with van der Waals surface area (Å²) >= 11 is 0. The van der Waals surface area contributed by atoms with Gasteiger partial charge in [-0.3, -0.25) is 0 Å². The van der Waals surface area contributed by atoms with Crippen molar-refractivity contribution in [3.63, 3.8) is 0 Å². The monoisotopic (exact) mass is 595 g/mol. The van der Waals surface area contributed by atoms with E-state index in [0.29, 0.717) is 0 Å². The lowest BCUT2D eigenvalue weighted by Crippen LogP contribution is -1.91. The van der Waals surface area contributed by atoms with Crippen molar-refractivity contribution < 1.29 is 38.7 Å². The minimum Gasteiger partial charge on any atom is -0.455 e. The van der Waals surface area contributed by atoms with Gasteiger partial charge in [-0.25, -0.2) is 0 Å². The van der Waals surface area contributed by atoms with Gasteiger partial charge in [-0.05, 0) is 77.1 Å². The standard InChI is InChI=1S/C44H26O/c1-2-14-30-28(12-1)29-13-3-4-15-31(29)40-26-27(24-25-32(30)40)42-34-17-5-7-19-36(34)43(37-20-8-6-18-35(37)42)39-22-11-21-38-33-16-9-10-23-41(33)45-44(38)39/h1-26H/i1D,2D,3D,4D,5D,6D,7D,8D,9D,10D,11D,12D,13D,15D,16D,17D,18D,19D,20D,21D,22D,23D,24D,25D,26D. The van der Waals surface area contributed by atoms with E-state index in [1.807, 2.05) is 0 Å². The van der Waals surface area contributed by atoms with Crippen molar-refractivity contribution in [2.45, 2.75) is 0 Å². The van der Waals surface area contributed by atoms with Gasteiger partial charge in [0.05, 0.1) is 34.3 Å². The minimum atomic E-state index is -0.955. The summed E-state index contributed by atoms with van der Waals surface area (Å²) in [7, 11) is 0. The van der Waals surface area contributed by atoms with Gasteiger partial charge in [-0.1, -0.05) is 145 Å². The lowest BCUT2D eigenvalue weighted by atomic mass is 9.84. The van der Waals surface area contributed by atoms with Crippen LogP contribution in [0.15, 0.2) is 162 Å². The van der Waals surface area contributed by atoms with Crippen molar-refractivity contribution in [3.8, 4) is 22.3 Å². The zero-order chi connectivity index (χ0) is 51.2. The first-order chi connectivity index (χ1) is 32.7. The SMILES string of the molecule is [2H]c1cc2c(c([2H])c1[2H])c1c([2H])c([2H])c([2H])c([2H])c1c1c([2H])c(-c3c4c([2H])c([2H])c([2H])c([2H])c4c(-c4c([2H])c([2H])c([2H])c5c4oc4c([2H])c([2H])c([2H])c([2H])c45)c4c([2H])c([2H])c([2H])c([2H])c34)c([2H])c([2H])c21. The molecular weight excluding hydrogens is 544 g/mol. The van der Waals surface area contributed by atoms with Crippen LogP contribution in [0.1, 0.15) is 34.3 Å². The van der Waals surface area contributed by atoms with Crippen LogP contribution in [0.4, 0.5) is 0 Å². The molecule has 0 N–H and O–H groups in total. The quantitative estimate of drug-likeness (QED) is 0.143. The van der Waals surface area contributed by atoms with Crippen molar-refractivity contribution in [1.82, 2.24) is 0 Å². The highest BCUT2D eigenvalue weighted by Crippen LogP contribution is 2.47. The number of fused-ring (bicyclic) bond motifs is 11. The molecule has 0 saturated carbocycles. The Kier molecular flexibility index (Phi) is 2.19. The van der Waals surface area contributed by atoms with Gasteiger partial charge in [-0.15, -0.1) is 0 Å². The van der Waals surface area contributed by atoms with Crippen LogP contribution in [0.25, 0.3) is 98.1 Å². The Morgan fingerprint density at radius 2 is 0.867 bits per heavy atom. The molecule has 0 unspecified atom stereocenters. The molecule has 10 aromatic rings. The van der Waals surface area contributed by atoms with Crippen LogP contribution in [0.3, 0.4) is 0 Å². The Hall–Kier alpha value is -5.92. The summed E-state index contributed by atoms with van der Waals surface area (Å²) in [4.78, 5) is 0. The largest absolute Gasteiger partial charge is 0.455 e. The zero-order valence-electron chi connectivity index (χ0n) is 47.5. The zero-order valence-corrected chi connectivity index (χ0v) is 22.5. The highest BCUT2D eigenvalue weighted by molar-refractivity contribution is 6.28. The molecule has 1 nitrogen and oxygen atoms in total. The summed E-state index contributed by atoms with van der Waals surface area (Å²) in [6, 6.07) is -19.7. The van der Waals surface area contributed by atoms with E-state index < -0.39 is 233 Å². The second kappa shape index (κ2) is 9.29. The molecular formula is C44H26O. The van der Waals surface area contributed by atoms with Crippen molar-refractivity contribution in [2.75, 3.05) is 0 Å². The maximum atomic E-state index is 10.0. The lowest BCUT2D eigenvalue weighted by Gasteiger charge is -2.18. The van der Waals surface area contributed by atoms with Crippen LogP contribution in [0.2, 0.25) is 0 Å². The molecule has 0 aliphatic carbocycles. The molecule has 0 aliphatic heterocycles. The highest BCUT2D eigenvalue weighted by atomic mass is 16.3. The van der Waals surface area contributed by atoms with Crippen molar-refractivity contribution >= 4 is 75.8 Å². The molecule has 0 spiro atoms. The van der Waals surface area contributed by atoms with E-state index in [1.54, 1.807) is 0 Å². The van der Waals surface area contributed by atoms with E-state index in [0.717, 1.165) is 6.07 Å². The van der Waals surface area contributed by atoms with E-state index in [1.165, 1.54) is 0 Å². The Morgan fingerprint density at radius 3 is 1.58 bits per heavy atom. The normalized spacial score (nSPS) is 19.8. The summed E-state index contributed by atoms with van der Waals surface area (Å²) in [5.41, 5.74) is -3.83. The fourth-order valence-corrected chi connectivity index (χ4v) is 5.98. The molecule has 0 atom stereocenters. The Labute approximate surface area is 294 Å². The summed E-state index contributed by atoms with van der Waals surface area (Å²) < 4.78 is 232. The van der Waals surface area contributed by atoms with Crippen molar-refractivity contribution in [1.29, 1.82) is 0 Å². The number of rotatable bonds is 2. The van der Waals surface area contributed by atoms with Crippen LogP contribution in [-0.4, -0.2) is 0 Å². The third-order valence-electron chi connectivity index (χ3n) is 7.83. The van der Waals surface area contributed by atoms with Gasteiger partial charge < -0.3 is 4.42 Å². The first-order valence-corrected chi connectivity index (χ1v) is 13.5. The second-order valence-corrected chi connectivity index (χ2v) is 10.1. The number of hydrogen-bond acceptors (Lipinski definition) is 1. The van der Waals surface area contributed by atoms with E-state index in [-0.39, 0.29) is 16.2 Å². The minimum absolute atomic E-state index is 0.227. The molecule has 0 saturated heterocycles. The van der Waals surface area contributed by atoms with Crippen LogP contribution in [0.5, 0.6) is 0 Å². The van der Waals surface area contributed by atoms with Crippen LogP contribution < -0.4 is 0 Å². The molecule has 208 valence electrons.